The summed E-state index contributed by atoms with van der Waals surface area (Å²) in [5.74, 6) is 0.595. The molecule has 1 rings (SSSR count). The molecule has 1 aromatic carbocycles. The molecule has 0 bridgehead atoms. The van der Waals surface area contributed by atoms with Crippen LogP contribution in [0.25, 0.3) is 0 Å². The average Bonchev–Trinajstić information content (AvgIpc) is 2.15. The van der Waals surface area contributed by atoms with E-state index in [1.807, 2.05) is 19.1 Å². The number of aliphatic hydroxyl groups is 1. The summed E-state index contributed by atoms with van der Waals surface area (Å²) in [7, 11) is 0. The largest absolute Gasteiger partial charge is 0.478 e. The fraction of sp³-hybridized carbons (Fsp3) is 0.300. The fourth-order valence-corrected chi connectivity index (χ4v) is 1.85. The van der Waals surface area contributed by atoms with Gasteiger partial charge in [0.2, 0.25) is 0 Å². The second-order valence-corrected chi connectivity index (χ2v) is 3.73. The van der Waals surface area contributed by atoms with Gasteiger partial charge in [-0.3, -0.25) is 0 Å². The number of aliphatic hydroxyl groups excluding tert-OH is 1. The minimum absolute atomic E-state index is 0.00449. The summed E-state index contributed by atoms with van der Waals surface area (Å²) >= 11 is 3.32. The first kappa shape index (κ1) is 11.0. The van der Waals surface area contributed by atoms with Crippen LogP contribution < -0.4 is 4.74 Å². The van der Waals surface area contributed by atoms with E-state index in [0.717, 1.165) is 10.0 Å². The third kappa shape index (κ3) is 2.47. The molecule has 0 aliphatic carbocycles. The lowest BCUT2D eigenvalue weighted by Crippen LogP contribution is -2.00. The van der Waals surface area contributed by atoms with Gasteiger partial charge < -0.3 is 9.84 Å². The smallest absolute Gasteiger partial charge is 0.174 e. The highest BCUT2D eigenvalue weighted by Crippen LogP contribution is 2.27. The van der Waals surface area contributed by atoms with E-state index in [-0.39, 0.29) is 13.2 Å². The first-order chi connectivity index (χ1) is 6.69. The maximum Gasteiger partial charge on any atom is 0.174 e. The Labute approximate surface area is 91.1 Å². The normalized spacial score (nSPS) is 9.57. The lowest BCUT2D eigenvalue weighted by atomic mass is 10.1. The van der Waals surface area contributed by atoms with Crippen molar-refractivity contribution in [3.8, 4) is 11.8 Å². The van der Waals surface area contributed by atoms with Gasteiger partial charge in [0, 0.05) is 10.0 Å². The number of hydrogen-bond acceptors (Lipinski definition) is 3. The van der Waals surface area contributed by atoms with Gasteiger partial charge in [-0.1, -0.05) is 15.9 Å². The summed E-state index contributed by atoms with van der Waals surface area (Å²) in [6, 6.07) is 5.55. The van der Waals surface area contributed by atoms with E-state index in [0.29, 0.717) is 11.3 Å². The molecule has 0 fully saturated rings. The molecule has 1 N–H and O–H groups in total. The van der Waals surface area contributed by atoms with Crippen molar-refractivity contribution < 1.29 is 9.84 Å². The van der Waals surface area contributed by atoms with Crippen LogP contribution in [-0.2, 0) is 6.61 Å². The molecule has 1 aromatic rings. The monoisotopic (exact) mass is 255 g/mol. The van der Waals surface area contributed by atoms with E-state index in [9.17, 15) is 0 Å². The van der Waals surface area contributed by atoms with Crippen molar-refractivity contribution in [3.63, 3.8) is 0 Å². The summed E-state index contributed by atoms with van der Waals surface area (Å²) in [4.78, 5) is 0. The van der Waals surface area contributed by atoms with E-state index in [4.69, 9.17) is 15.1 Å². The van der Waals surface area contributed by atoms with Gasteiger partial charge in [0.05, 0.1) is 6.61 Å². The van der Waals surface area contributed by atoms with E-state index in [1.165, 1.54) is 0 Å². The van der Waals surface area contributed by atoms with Crippen LogP contribution >= 0.6 is 15.9 Å². The minimum Gasteiger partial charge on any atom is -0.478 e. The number of nitriles is 1. The topological polar surface area (TPSA) is 53.2 Å². The van der Waals surface area contributed by atoms with Crippen LogP contribution in [0.15, 0.2) is 16.6 Å². The van der Waals surface area contributed by atoms with Crippen molar-refractivity contribution >= 4 is 15.9 Å². The Morgan fingerprint density at radius 1 is 1.57 bits per heavy atom. The summed E-state index contributed by atoms with van der Waals surface area (Å²) < 4.78 is 6.11. The summed E-state index contributed by atoms with van der Waals surface area (Å²) in [5, 5.41) is 17.5. The van der Waals surface area contributed by atoms with Gasteiger partial charge in [-0.25, -0.2) is 0 Å². The van der Waals surface area contributed by atoms with E-state index in [2.05, 4.69) is 15.9 Å². The zero-order chi connectivity index (χ0) is 10.6. The molecule has 0 aromatic heterocycles. The molecule has 3 nitrogen and oxygen atoms in total. The van der Waals surface area contributed by atoms with Crippen molar-refractivity contribution in [2.45, 2.75) is 13.5 Å². The number of rotatable bonds is 3. The molecule has 0 amide bonds. The molecule has 0 saturated carbocycles. The van der Waals surface area contributed by atoms with Crippen LogP contribution in [0.5, 0.6) is 5.75 Å². The molecule has 74 valence electrons. The molecular weight excluding hydrogens is 246 g/mol. The number of benzene rings is 1. The van der Waals surface area contributed by atoms with E-state index >= 15 is 0 Å². The molecule has 0 radical (unpaired) electrons. The average molecular weight is 256 g/mol. The lowest BCUT2D eigenvalue weighted by molar-refractivity contribution is 0.270. The zero-order valence-corrected chi connectivity index (χ0v) is 9.34. The number of hydrogen-bond donors (Lipinski definition) is 1. The van der Waals surface area contributed by atoms with Gasteiger partial charge in [0.15, 0.2) is 6.61 Å². The van der Waals surface area contributed by atoms with Crippen molar-refractivity contribution in [1.82, 2.24) is 0 Å². The van der Waals surface area contributed by atoms with Crippen LogP contribution in [0.2, 0.25) is 0 Å². The molecular formula is C10H10BrNO2. The molecule has 0 atom stereocenters. The van der Waals surface area contributed by atoms with Gasteiger partial charge in [0.1, 0.15) is 11.8 Å². The molecule has 0 aliphatic rings. The third-order valence-electron chi connectivity index (χ3n) is 1.77. The van der Waals surface area contributed by atoms with Gasteiger partial charge in [-0.05, 0) is 24.6 Å². The summed E-state index contributed by atoms with van der Waals surface area (Å²) in [6.07, 6.45) is 0. The highest BCUT2D eigenvalue weighted by atomic mass is 79.9. The SMILES string of the molecule is Cc1cc(Br)cc(CO)c1OCC#N. The summed E-state index contributed by atoms with van der Waals surface area (Å²) in [6.45, 7) is 1.77. The lowest BCUT2D eigenvalue weighted by Gasteiger charge is -2.11. The Kier molecular flexibility index (Phi) is 3.93. The molecule has 0 saturated heterocycles. The Morgan fingerprint density at radius 3 is 2.86 bits per heavy atom. The number of halogens is 1. The first-order valence-corrected chi connectivity index (χ1v) is 4.88. The highest BCUT2D eigenvalue weighted by molar-refractivity contribution is 9.10. The van der Waals surface area contributed by atoms with Gasteiger partial charge in [0.25, 0.3) is 0 Å². The second kappa shape index (κ2) is 4.99. The molecule has 4 heteroatoms. The number of aryl methyl sites for hydroxylation is 1. The molecule has 0 aliphatic heterocycles. The van der Waals surface area contributed by atoms with Crippen molar-refractivity contribution in [3.05, 3.63) is 27.7 Å². The Morgan fingerprint density at radius 2 is 2.29 bits per heavy atom. The van der Waals surface area contributed by atoms with Crippen molar-refractivity contribution in [2.24, 2.45) is 0 Å². The van der Waals surface area contributed by atoms with Crippen molar-refractivity contribution in [2.75, 3.05) is 6.61 Å². The molecule has 0 spiro atoms. The Hall–Kier alpha value is -1.05. The van der Waals surface area contributed by atoms with Crippen LogP contribution in [-0.4, -0.2) is 11.7 Å². The fourth-order valence-electron chi connectivity index (χ4n) is 1.23. The Balaban J connectivity index is 3.06. The van der Waals surface area contributed by atoms with Crippen LogP contribution in [0.4, 0.5) is 0 Å². The number of ether oxygens (including phenoxy) is 1. The second-order valence-electron chi connectivity index (χ2n) is 2.82. The van der Waals surface area contributed by atoms with Gasteiger partial charge in [-0.15, -0.1) is 0 Å². The predicted octanol–water partition coefficient (Wildman–Crippen LogP) is 2.15. The maximum absolute atomic E-state index is 9.08. The van der Waals surface area contributed by atoms with Gasteiger partial charge >= 0.3 is 0 Å². The quantitative estimate of drug-likeness (QED) is 0.901. The van der Waals surface area contributed by atoms with E-state index in [1.54, 1.807) is 6.07 Å². The molecule has 0 heterocycles. The zero-order valence-electron chi connectivity index (χ0n) is 7.75. The maximum atomic E-state index is 9.08. The Bertz CT molecular complexity index is 371. The third-order valence-corrected chi connectivity index (χ3v) is 2.23. The predicted molar refractivity (Wildman–Crippen MR) is 55.9 cm³/mol. The summed E-state index contributed by atoms with van der Waals surface area (Å²) in [5.41, 5.74) is 1.59. The van der Waals surface area contributed by atoms with Crippen LogP contribution in [0, 0.1) is 18.3 Å². The van der Waals surface area contributed by atoms with E-state index < -0.39 is 0 Å². The van der Waals surface area contributed by atoms with Crippen LogP contribution in [0.1, 0.15) is 11.1 Å². The molecule has 0 unspecified atom stereocenters. The van der Waals surface area contributed by atoms with Gasteiger partial charge in [-0.2, -0.15) is 5.26 Å². The minimum atomic E-state index is -0.0962. The number of nitrogens with zero attached hydrogens (tertiary/aromatic N) is 1. The first-order valence-electron chi connectivity index (χ1n) is 4.08. The van der Waals surface area contributed by atoms with Crippen LogP contribution in [0.3, 0.4) is 0 Å². The standard InChI is InChI=1S/C10H10BrNO2/c1-7-4-9(11)5-8(6-13)10(7)14-3-2-12/h4-5,13H,3,6H2,1H3. The molecule has 14 heavy (non-hydrogen) atoms. The van der Waals surface area contributed by atoms with Crippen molar-refractivity contribution in [1.29, 1.82) is 5.26 Å². The highest BCUT2D eigenvalue weighted by Gasteiger charge is 2.07.